The number of carbonyl (C=O) groups is 2. The summed E-state index contributed by atoms with van der Waals surface area (Å²) < 4.78 is 13.0. The average Bonchev–Trinajstić information content (AvgIpc) is 3.01. The summed E-state index contributed by atoms with van der Waals surface area (Å²) >= 11 is 0. The van der Waals surface area contributed by atoms with Crippen molar-refractivity contribution < 1.29 is 19.1 Å². The third-order valence-corrected chi connectivity index (χ3v) is 4.83. The van der Waals surface area contributed by atoms with Crippen LogP contribution in [-0.4, -0.2) is 77.6 Å². The highest BCUT2D eigenvalue weighted by Crippen LogP contribution is 2.26. The molecule has 28 heavy (non-hydrogen) atoms. The molecular formula is C18H31N5O5. The van der Waals surface area contributed by atoms with Gasteiger partial charge < -0.3 is 14.8 Å². The highest BCUT2D eigenvalue weighted by Gasteiger charge is 2.27. The minimum Gasteiger partial charge on any atom is -0.465 e. The van der Waals surface area contributed by atoms with Crippen molar-refractivity contribution in [2.45, 2.75) is 45.7 Å². The van der Waals surface area contributed by atoms with Crippen molar-refractivity contribution in [1.82, 2.24) is 24.6 Å². The quantitative estimate of drug-likeness (QED) is 0.534. The molecule has 0 atom stereocenters. The molecule has 2 rings (SSSR count). The lowest BCUT2D eigenvalue weighted by molar-refractivity contribution is -0.143. The van der Waals surface area contributed by atoms with Crippen molar-refractivity contribution in [2.24, 2.45) is 0 Å². The predicted octanol–water partition coefficient (Wildman–Crippen LogP) is -0.430. The molecular weight excluding hydrogens is 366 g/mol. The first-order valence-corrected chi connectivity index (χ1v) is 9.81. The fourth-order valence-electron chi connectivity index (χ4n) is 3.37. The molecule has 0 saturated carbocycles. The van der Waals surface area contributed by atoms with E-state index >= 15 is 0 Å². The molecule has 0 bridgehead atoms. The number of ether oxygens (including phenoxy) is 2. The Morgan fingerprint density at radius 1 is 1.25 bits per heavy atom. The van der Waals surface area contributed by atoms with Crippen molar-refractivity contribution in [3.8, 4) is 0 Å². The second kappa shape index (κ2) is 11.0. The largest absolute Gasteiger partial charge is 0.465 e. The van der Waals surface area contributed by atoms with E-state index in [0.717, 1.165) is 31.8 Å². The van der Waals surface area contributed by atoms with E-state index in [9.17, 15) is 14.4 Å². The summed E-state index contributed by atoms with van der Waals surface area (Å²) in [6.45, 7) is 7.04. The number of piperidine rings is 1. The Hall–Kier alpha value is -2.20. The van der Waals surface area contributed by atoms with Crippen molar-refractivity contribution >= 4 is 11.9 Å². The van der Waals surface area contributed by atoms with Gasteiger partial charge in [-0.25, -0.2) is 9.48 Å². The molecule has 10 nitrogen and oxygen atoms in total. The molecule has 1 aromatic rings. The van der Waals surface area contributed by atoms with Crippen molar-refractivity contribution in [3.05, 3.63) is 16.3 Å². The van der Waals surface area contributed by atoms with Gasteiger partial charge in [0, 0.05) is 19.6 Å². The first-order valence-electron chi connectivity index (χ1n) is 9.81. The Labute approximate surface area is 164 Å². The fraction of sp³-hybridized carbons (Fsp3) is 0.778. The molecule has 1 aromatic heterocycles. The summed E-state index contributed by atoms with van der Waals surface area (Å²) in [6.07, 6.45) is 1.65. The SMILES string of the molecule is CCOC(=O)CNC(=O)CN1CCC(c2nn(CCOC)c(=O)n2CC)CC1. The fourth-order valence-corrected chi connectivity index (χ4v) is 3.37. The maximum Gasteiger partial charge on any atom is 0.345 e. The zero-order valence-corrected chi connectivity index (χ0v) is 17.0. The lowest BCUT2D eigenvalue weighted by Gasteiger charge is -2.30. The van der Waals surface area contributed by atoms with Gasteiger partial charge in [-0.15, -0.1) is 0 Å². The van der Waals surface area contributed by atoms with Crippen LogP contribution >= 0.6 is 0 Å². The van der Waals surface area contributed by atoms with Crippen LogP contribution in [0.3, 0.4) is 0 Å². The number of nitrogens with zero attached hydrogens (tertiary/aromatic N) is 4. The van der Waals surface area contributed by atoms with Crippen LogP contribution in [0.4, 0.5) is 0 Å². The molecule has 10 heteroatoms. The molecule has 0 unspecified atom stereocenters. The van der Waals surface area contributed by atoms with Gasteiger partial charge in [0.2, 0.25) is 5.91 Å². The number of aromatic nitrogens is 3. The van der Waals surface area contributed by atoms with E-state index in [0.29, 0.717) is 26.3 Å². The molecule has 0 aliphatic carbocycles. The van der Waals surface area contributed by atoms with E-state index in [-0.39, 0.29) is 30.6 Å². The smallest absolute Gasteiger partial charge is 0.345 e. The maximum absolute atomic E-state index is 12.5. The lowest BCUT2D eigenvalue weighted by atomic mass is 9.96. The number of methoxy groups -OCH3 is 1. The van der Waals surface area contributed by atoms with Gasteiger partial charge in [0.25, 0.3) is 0 Å². The van der Waals surface area contributed by atoms with E-state index in [1.807, 2.05) is 11.8 Å². The predicted molar refractivity (Wildman–Crippen MR) is 102 cm³/mol. The summed E-state index contributed by atoms with van der Waals surface area (Å²) in [5.74, 6) is 0.377. The number of hydrogen-bond donors (Lipinski definition) is 1. The monoisotopic (exact) mass is 397 g/mol. The number of hydrogen-bond acceptors (Lipinski definition) is 7. The van der Waals surface area contributed by atoms with Crippen molar-refractivity contribution in [1.29, 1.82) is 0 Å². The molecule has 0 radical (unpaired) electrons. The Balaban J connectivity index is 1.87. The summed E-state index contributed by atoms with van der Waals surface area (Å²) in [6, 6.07) is 0. The molecule has 1 aliphatic heterocycles. The topological polar surface area (TPSA) is 108 Å². The number of rotatable bonds is 10. The Kier molecular flexibility index (Phi) is 8.65. The number of nitrogens with one attached hydrogen (secondary N) is 1. The van der Waals surface area contributed by atoms with Gasteiger partial charge >= 0.3 is 11.7 Å². The Bertz CT molecular complexity index is 706. The lowest BCUT2D eigenvalue weighted by Crippen LogP contribution is -2.42. The summed E-state index contributed by atoms with van der Waals surface area (Å²) in [5.41, 5.74) is -0.102. The Morgan fingerprint density at radius 2 is 1.96 bits per heavy atom. The normalized spacial score (nSPS) is 15.5. The van der Waals surface area contributed by atoms with Gasteiger partial charge in [-0.2, -0.15) is 5.10 Å². The average molecular weight is 397 g/mol. The van der Waals surface area contributed by atoms with Gasteiger partial charge in [0.1, 0.15) is 12.4 Å². The number of amides is 1. The first-order chi connectivity index (χ1) is 13.5. The minimum atomic E-state index is -0.434. The maximum atomic E-state index is 12.5. The summed E-state index contributed by atoms with van der Waals surface area (Å²) in [7, 11) is 1.60. The standard InChI is InChI=1S/C18H31N5O5/c1-4-22-17(20-23(18(22)26)10-11-27-3)14-6-8-21(9-7-14)13-15(24)19-12-16(25)28-5-2/h14H,4-13H2,1-3H3,(H,19,24). The molecule has 1 N–H and O–H groups in total. The van der Waals surface area contributed by atoms with E-state index in [1.54, 1.807) is 18.6 Å². The third-order valence-electron chi connectivity index (χ3n) is 4.83. The van der Waals surface area contributed by atoms with E-state index in [1.165, 1.54) is 4.68 Å². The van der Waals surface area contributed by atoms with Crippen LogP contribution in [0.15, 0.2) is 4.79 Å². The molecule has 1 amide bonds. The second-order valence-corrected chi connectivity index (χ2v) is 6.73. The summed E-state index contributed by atoms with van der Waals surface area (Å²) in [5, 5.41) is 7.11. The number of esters is 1. The minimum absolute atomic E-state index is 0.102. The van der Waals surface area contributed by atoms with Crippen LogP contribution in [0.1, 0.15) is 38.4 Å². The van der Waals surface area contributed by atoms with Crippen molar-refractivity contribution in [2.75, 3.05) is 46.5 Å². The van der Waals surface area contributed by atoms with Gasteiger partial charge in [-0.05, 0) is 39.8 Å². The molecule has 1 saturated heterocycles. The van der Waals surface area contributed by atoms with Crippen LogP contribution in [-0.2, 0) is 32.2 Å². The van der Waals surface area contributed by atoms with Gasteiger partial charge in [0.15, 0.2) is 0 Å². The van der Waals surface area contributed by atoms with Crippen molar-refractivity contribution in [3.63, 3.8) is 0 Å². The third kappa shape index (κ3) is 5.90. The highest BCUT2D eigenvalue weighted by molar-refractivity contribution is 5.83. The number of likely N-dealkylation sites (tertiary alicyclic amines) is 1. The van der Waals surface area contributed by atoms with Gasteiger partial charge in [0.05, 0.1) is 26.3 Å². The zero-order chi connectivity index (χ0) is 20.5. The van der Waals surface area contributed by atoms with Crippen LogP contribution in [0.2, 0.25) is 0 Å². The first kappa shape index (κ1) is 22.1. The van der Waals surface area contributed by atoms with Crippen LogP contribution in [0, 0.1) is 0 Å². The van der Waals surface area contributed by atoms with E-state index < -0.39 is 5.97 Å². The van der Waals surface area contributed by atoms with Gasteiger partial charge in [-0.3, -0.25) is 19.1 Å². The molecule has 0 aromatic carbocycles. The molecule has 1 fully saturated rings. The number of carbonyl (C=O) groups excluding carboxylic acids is 2. The molecule has 2 heterocycles. The molecule has 1 aliphatic rings. The Morgan fingerprint density at radius 3 is 2.57 bits per heavy atom. The zero-order valence-electron chi connectivity index (χ0n) is 17.0. The van der Waals surface area contributed by atoms with E-state index in [4.69, 9.17) is 9.47 Å². The van der Waals surface area contributed by atoms with Crippen LogP contribution in [0.25, 0.3) is 0 Å². The molecule has 158 valence electrons. The van der Waals surface area contributed by atoms with E-state index in [2.05, 4.69) is 10.4 Å². The van der Waals surface area contributed by atoms with Crippen LogP contribution < -0.4 is 11.0 Å². The van der Waals surface area contributed by atoms with Gasteiger partial charge in [-0.1, -0.05) is 0 Å². The summed E-state index contributed by atoms with van der Waals surface area (Å²) in [4.78, 5) is 37.8. The molecule has 0 spiro atoms. The van der Waals surface area contributed by atoms with Crippen LogP contribution in [0.5, 0.6) is 0 Å². The second-order valence-electron chi connectivity index (χ2n) is 6.73. The highest BCUT2D eigenvalue weighted by atomic mass is 16.5.